The van der Waals surface area contributed by atoms with Crippen molar-refractivity contribution in [2.45, 2.75) is 99.3 Å². The molecule has 4 nitrogen and oxygen atoms in total. The highest BCUT2D eigenvalue weighted by molar-refractivity contribution is 5.85. The van der Waals surface area contributed by atoms with Crippen molar-refractivity contribution < 1.29 is 19.8 Å². The number of allylic oxidation sites excluding steroid dienone is 4. The summed E-state index contributed by atoms with van der Waals surface area (Å²) in [5, 5.41) is 18.6. The van der Waals surface area contributed by atoms with Crippen LogP contribution in [-0.4, -0.2) is 22.2 Å². The molecule has 0 radical (unpaired) electrons. The third-order valence-corrected chi connectivity index (χ3v) is 10.7. The van der Waals surface area contributed by atoms with E-state index in [0.29, 0.717) is 35.7 Å². The van der Waals surface area contributed by atoms with Gasteiger partial charge in [0.2, 0.25) is 0 Å². The van der Waals surface area contributed by atoms with Gasteiger partial charge in [0.25, 0.3) is 0 Å². The Kier molecular flexibility index (Phi) is 7.60. The maximum absolute atomic E-state index is 11.5. The van der Waals surface area contributed by atoms with Crippen LogP contribution in [0.3, 0.4) is 0 Å². The minimum absolute atomic E-state index is 0.0541. The van der Waals surface area contributed by atoms with Crippen molar-refractivity contribution in [3.8, 4) is 0 Å². The number of carbonyl (C=O) groups is 2. The van der Waals surface area contributed by atoms with E-state index < -0.39 is 11.9 Å². The van der Waals surface area contributed by atoms with Gasteiger partial charge >= 0.3 is 11.9 Å². The number of hydrogen-bond donors (Lipinski definition) is 2. The van der Waals surface area contributed by atoms with Gasteiger partial charge in [-0.3, -0.25) is 4.79 Å². The van der Waals surface area contributed by atoms with Gasteiger partial charge in [-0.05, 0) is 105 Å². The molecule has 3 aliphatic carbocycles. The Balaban J connectivity index is 1.87. The van der Waals surface area contributed by atoms with Crippen LogP contribution >= 0.6 is 0 Å². The van der Waals surface area contributed by atoms with E-state index in [9.17, 15) is 14.7 Å². The van der Waals surface area contributed by atoms with E-state index in [1.807, 2.05) is 6.08 Å². The first-order chi connectivity index (χ1) is 15.8. The molecule has 0 heterocycles. The van der Waals surface area contributed by atoms with Gasteiger partial charge in [-0.15, -0.1) is 0 Å². The van der Waals surface area contributed by atoms with E-state index in [1.54, 1.807) is 12.5 Å². The molecule has 0 aromatic rings. The summed E-state index contributed by atoms with van der Waals surface area (Å²) in [6.45, 7) is 17.8. The monoisotopic (exact) mass is 470 g/mol. The Bertz CT molecular complexity index is 897. The number of hydrogen-bond acceptors (Lipinski definition) is 2. The first kappa shape index (κ1) is 26.8. The van der Waals surface area contributed by atoms with Crippen LogP contribution in [0.5, 0.6) is 0 Å². The molecule has 3 aliphatic rings. The highest BCUT2D eigenvalue weighted by atomic mass is 16.4. The number of aliphatic carboxylic acids is 2. The first-order valence-corrected chi connectivity index (χ1v) is 13.3. The van der Waals surface area contributed by atoms with Crippen LogP contribution in [0.1, 0.15) is 99.3 Å². The van der Waals surface area contributed by atoms with Gasteiger partial charge in [0.05, 0.1) is 0 Å². The maximum Gasteiger partial charge on any atom is 0.330 e. The quantitative estimate of drug-likeness (QED) is 0.268. The number of rotatable bonds is 9. The summed E-state index contributed by atoms with van der Waals surface area (Å²) >= 11 is 0. The third-order valence-electron chi connectivity index (χ3n) is 10.7. The minimum atomic E-state index is -0.824. The molecular formula is C30H46O4. The average Bonchev–Trinajstić information content (AvgIpc) is 3.03. The van der Waals surface area contributed by atoms with Gasteiger partial charge in [0, 0.05) is 12.0 Å². The van der Waals surface area contributed by atoms with E-state index in [4.69, 9.17) is 5.11 Å². The van der Waals surface area contributed by atoms with Crippen molar-refractivity contribution in [2.24, 2.45) is 39.9 Å². The Labute approximate surface area is 206 Å². The van der Waals surface area contributed by atoms with Crippen molar-refractivity contribution in [1.29, 1.82) is 0 Å². The molecule has 2 fully saturated rings. The first-order valence-electron chi connectivity index (χ1n) is 13.3. The van der Waals surface area contributed by atoms with E-state index >= 15 is 0 Å². The molecule has 2 N–H and O–H groups in total. The minimum Gasteiger partial charge on any atom is -0.481 e. The van der Waals surface area contributed by atoms with E-state index in [0.717, 1.165) is 25.7 Å². The summed E-state index contributed by atoms with van der Waals surface area (Å²) < 4.78 is 0. The van der Waals surface area contributed by atoms with Crippen molar-refractivity contribution in [2.75, 3.05) is 0 Å². The van der Waals surface area contributed by atoms with Crippen LogP contribution in [0.25, 0.3) is 0 Å². The molecule has 2 saturated carbocycles. The summed E-state index contributed by atoms with van der Waals surface area (Å²) in [6, 6.07) is 0. The molecule has 4 heteroatoms. The lowest BCUT2D eigenvalue weighted by Gasteiger charge is -2.60. The lowest BCUT2D eigenvalue weighted by molar-refractivity contribution is -0.138. The predicted molar refractivity (Wildman–Crippen MR) is 137 cm³/mol. The molecule has 34 heavy (non-hydrogen) atoms. The fourth-order valence-electron chi connectivity index (χ4n) is 8.44. The Morgan fingerprint density at radius 3 is 2.44 bits per heavy atom. The van der Waals surface area contributed by atoms with E-state index in [2.05, 4.69) is 47.3 Å². The number of carboxylic acids is 2. The second-order valence-electron chi connectivity index (χ2n) is 12.4. The molecule has 0 aromatic carbocycles. The topological polar surface area (TPSA) is 74.6 Å². The molecule has 3 rings (SSSR count). The summed E-state index contributed by atoms with van der Waals surface area (Å²) in [6.07, 6.45) is 12.9. The number of carboxylic acid groups (broad SMARTS) is 2. The highest BCUT2D eigenvalue weighted by Crippen LogP contribution is 2.71. The van der Waals surface area contributed by atoms with Crippen molar-refractivity contribution in [3.05, 3.63) is 35.5 Å². The standard InChI is InChI=1S/C30H46O4/c1-19(2)22-11-12-25-24(28(22,5)16-15-26(31)32)14-18-29(6)23(13-17-30(25,29)7)20(3)9-8-10-21(4)27(33)34/h10,12,20,22-24H,1,8-9,11,13-18H2,2-7H3,(H,31,32)(H,33,34)/b21-10+/t20-,22+,23-,24-,28+,29-,30+/m1/s1. The normalized spacial score (nSPS) is 38.5. The SMILES string of the molecule is C=C(C)[C@@H]1CC=C2[C@@H](CC[C@]3(C)[C@@H]([C@H](C)CC/C=C(\C)C(=O)O)CC[C@@]23C)[C@@]1(C)CCC(=O)O. The smallest absolute Gasteiger partial charge is 0.330 e. The molecule has 7 atom stereocenters. The van der Waals surface area contributed by atoms with Gasteiger partial charge < -0.3 is 10.2 Å². The molecule has 190 valence electrons. The van der Waals surface area contributed by atoms with Crippen LogP contribution in [0, 0.1) is 39.9 Å². The van der Waals surface area contributed by atoms with E-state index in [1.165, 1.54) is 24.8 Å². The second kappa shape index (κ2) is 9.66. The van der Waals surface area contributed by atoms with Gasteiger partial charge in [-0.1, -0.05) is 57.6 Å². The lowest BCUT2D eigenvalue weighted by atomic mass is 9.44. The van der Waals surface area contributed by atoms with E-state index in [-0.39, 0.29) is 22.7 Å². The zero-order valence-electron chi connectivity index (χ0n) is 22.2. The van der Waals surface area contributed by atoms with Crippen molar-refractivity contribution >= 4 is 11.9 Å². The van der Waals surface area contributed by atoms with Crippen LogP contribution in [0.4, 0.5) is 0 Å². The summed E-state index contributed by atoms with van der Waals surface area (Å²) in [5.74, 6) is 0.416. The fourth-order valence-corrected chi connectivity index (χ4v) is 8.44. The molecule has 0 saturated heterocycles. The van der Waals surface area contributed by atoms with Gasteiger partial charge in [-0.25, -0.2) is 4.79 Å². The van der Waals surface area contributed by atoms with Crippen molar-refractivity contribution in [3.63, 3.8) is 0 Å². The van der Waals surface area contributed by atoms with Crippen LogP contribution in [0.2, 0.25) is 0 Å². The number of fused-ring (bicyclic) bond motifs is 3. The molecule has 0 aromatic heterocycles. The van der Waals surface area contributed by atoms with Crippen LogP contribution in [0.15, 0.2) is 35.5 Å². The largest absolute Gasteiger partial charge is 0.481 e. The summed E-state index contributed by atoms with van der Waals surface area (Å²) in [7, 11) is 0. The Hall–Kier alpha value is -1.84. The molecule has 0 aliphatic heterocycles. The molecular weight excluding hydrogens is 424 g/mol. The molecule has 0 amide bonds. The average molecular weight is 471 g/mol. The molecule has 0 bridgehead atoms. The Morgan fingerprint density at radius 1 is 1.18 bits per heavy atom. The lowest BCUT2D eigenvalue weighted by Crippen LogP contribution is -2.52. The Morgan fingerprint density at radius 2 is 1.85 bits per heavy atom. The molecule has 0 unspecified atom stereocenters. The maximum atomic E-state index is 11.5. The third kappa shape index (κ3) is 4.42. The van der Waals surface area contributed by atoms with Crippen molar-refractivity contribution in [1.82, 2.24) is 0 Å². The van der Waals surface area contributed by atoms with Gasteiger partial charge in [0.15, 0.2) is 0 Å². The molecule has 0 spiro atoms. The zero-order valence-corrected chi connectivity index (χ0v) is 22.2. The zero-order chi connectivity index (χ0) is 25.5. The van der Waals surface area contributed by atoms with Crippen LogP contribution in [-0.2, 0) is 9.59 Å². The fraction of sp³-hybridized carbons (Fsp3) is 0.733. The van der Waals surface area contributed by atoms with Crippen LogP contribution < -0.4 is 0 Å². The van der Waals surface area contributed by atoms with Gasteiger partial charge in [-0.2, -0.15) is 0 Å². The highest BCUT2D eigenvalue weighted by Gasteiger charge is 2.63. The summed E-state index contributed by atoms with van der Waals surface area (Å²) in [4.78, 5) is 22.7. The second-order valence-corrected chi connectivity index (χ2v) is 12.4. The van der Waals surface area contributed by atoms with Gasteiger partial charge in [0.1, 0.15) is 0 Å². The predicted octanol–water partition coefficient (Wildman–Crippen LogP) is 7.66. The summed E-state index contributed by atoms with van der Waals surface area (Å²) in [5.41, 5.74) is 3.54.